The third-order valence-electron chi connectivity index (χ3n) is 6.00. The van der Waals surface area contributed by atoms with E-state index in [-0.39, 0.29) is 12.5 Å². The number of methoxy groups -OCH3 is 2. The van der Waals surface area contributed by atoms with Crippen LogP contribution in [0.3, 0.4) is 0 Å². The summed E-state index contributed by atoms with van der Waals surface area (Å²) in [6.45, 7) is 3.19. The molecule has 156 valence electrons. The molecule has 0 spiro atoms. The fourth-order valence-electron chi connectivity index (χ4n) is 4.34. The van der Waals surface area contributed by atoms with Gasteiger partial charge in [0.25, 0.3) is 5.91 Å². The molecule has 7 heteroatoms. The highest BCUT2D eigenvalue weighted by atomic mass is 16.5. The number of hydrogen-bond donors (Lipinski definition) is 2. The number of β-amino-alcohol motifs (C(OH)–C–C–N with tert-alkyl or cyclic N) is 1. The molecule has 1 aromatic carbocycles. The van der Waals surface area contributed by atoms with Crippen LogP contribution in [0.25, 0.3) is 0 Å². The Morgan fingerprint density at radius 1 is 1.18 bits per heavy atom. The van der Waals surface area contributed by atoms with Gasteiger partial charge in [-0.05, 0) is 50.8 Å². The minimum absolute atomic E-state index is 0.215. The molecular formula is C21H32N2O5. The molecule has 0 radical (unpaired) electrons. The van der Waals surface area contributed by atoms with Gasteiger partial charge in [0.1, 0.15) is 0 Å². The van der Waals surface area contributed by atoms with Gasteiger partial charge in [-0.1, -0.05) is 12.1 Å². The number of likely N-dealkylation sites (tertiary alicyclic amines) is 2. The molecule has 2 aliphatic heterocycles. The summed E-state index contributed by atoms with van der Waals surface area (Å²) in [6.07, 6.45) is 3.07. The van der Waals surface area contributed by atoms with Gasteiger partial charge in [-0.3, -0.25) is 9.69 Å². The standard InChI is InChI=1S/C21H32N2O5/c1-27-18-6-3-5-17(19(18)28-2)13-23-10-4-9-21(26,20(23)25)15-22-11-7-16(14-24)8-12-22/h3,5-6,16,24,26H,4,7-15H2,1-2H3/t21-/m0/s1. The Labute approximate surface area is 166 Å². The largest absolute Gasteiger partial charge is 0.493 e. The predicted octanol–water partition coefficient (Wildman–Crippen LogP) is 1.26. The summed E-state index contributed by atoms with van der Waals surface area (Å²) in [5, 5.41) is 20.5. The minimum atomic E-state index is -1.35. The molecule has 1 atom stereocenters. The number of piperidine rings is 2. The summed E-state index contributed by atoms with van der Waals surface area (Å²) < 4.78 is 10.8. The van der Waals surface area contributed by atoms with Crippen molar-refractivity contribution in [1.29, 1.82) is 0 Å². The molecule has 1 amide bonds. The van der Waals surface area contributed by atoms with Crippen molar-refractivity contribution in [2.45, 2.75) is 37.8 Å². The van der Waals surface area contributed by atoms with E-state index in [9.17, 15) is 15.0 Å². The average Bonchev–Trinajstić information content (AvgIpc) is 2.72. The Morgan fingerprint density at radius 2 is 1.93 bits per heavy atom. The first-order chi connectivity index (χ1) is 13.5. The molecule has 7 nitrogen and oxygen atoms in total. The number of carbonyl (C=O) groups excluding carboxylic acids is 1. The quantitative estimate of drug-likeness (QED) is 0.727. The molecule has 2 fully saturated rings. The number of benzene rings is 1. The molecule has 0 bridgehead atoms. The number of rotatable bonds is 7. The summed E-state index contributed by atoms with van der Waals surface area (Å²) in [4.78, 5) is 17.0. The van der Waals surface area contributed by atoms with Crippen LogP contribution in [0.5, 0.6) is 11.5 Å². The van der Waals surface area contributed by atoms with Crippen molar-refractivity contribution in [2.75, 3.05) is 47.0 Å². The van der Waals surface area contributed by atoms with Gasteiger partial charge in [0.05, 0.1) is 14.2 Å². The minimum Gasteiger partial charge on any atom is -0.493 e. The lowest BCUT2D eigenvalue weighted by Gasteiger charge is -2.42. The number of aliphatic hydroxyl groups is 2. The van der Waals surface area contributed by atoms with E-state index in [1.165, 1.54) is 0 Å². The summed E-state index contributed by atoms with van der Waals surface area (Å²) in [5.74, 6) is 1.38. The molecule has 2 N–H and O–H groups in total. The number of nitrogens with zero attached hydrogens (tertiary/aromatic N) is 2. The third-order valence-corrected chi connectivity index (χ3v) is 6.00. The van der Waals surface area contributed by atoms with Crippen LogP contribution < -0.4 is 9.47 Å². The Bertz CT molecular complexity index is 675. The van der Waals surface area contributed by atoms with Crippen LogP contribution in [0.1, 0.15) is 31.2 Å². The second-order valence-corrected chi connectivity index (χ2v) is 7.92. The highest BCUT2D eigenvalue weighted by Crippen LogP contribution is 2.33. The predicted molar refractivity (Wildman–Crippen MR) is 105 cm³/mol. The van der Waals surface area contributed by atoms with E-state index in [4.69, 9.17) is 9.47 Å². The molecule has 2 saturated heterocycles. The topological polar surface area (TPSA) is 82.5 Å². The molecule has 2 heterocycles. The van der Waals surface area contributed by atoms with Crippen molar-refractivity contribution in [3.05, 3.63) is 23.8 Å². The van der Waals surface area contributed by atoms with Gasteiger partial charge in [-0.2, -0.15) is 0 Å². The maximum Gasteiger partial charge on any atom is 0.256 e. The van der Waals surface area contributed by atoms with E-state index >= 15 is 0 Å². The SMILES string of the molecule is COc1cccc(CN2CCC[C@](O)(CN3CCC(CO)CC3)C2=O)c1OC. The summed E-state index contributed by atoms with van der Waals surface area (Å²) >= 11 is 0. The average molecular weight is 392 g/mol. The summed E-state index contributed by atoms with van der Waals surface area (Å²) in [7, 11) is 3.18. The van der Waals surface area contributed by atoms with Gasteiger partial charge >= 0.3 is 0 Å². The fourth-order valence-corrected chi connectivity index (χ4v) is 4.34. The van der Waals surface area contributed by atoms with Gasteiger partial charge in [-0.15, -0.1) is 0 Å². The van der Waals surface area contributed by atoms with Gasteiger partial charge in [0, 0.05) is 31.8 Å². The Hall–Kier alpha value is -1.83. The molecule has 0 aromatic heterocycles. The van der Waals surface area contributed by atoms with Crippen molar-refractivity contribution in [3.8, 4) is 11.5 Å². The zero-order chi connectivity index (χ0) is 20.1. The van der Waals surface area contributed by atoms with Crippen LogP contribution in [0.4, 0.5) is 0 Å². The van der Waals surface area contributed by atoms with Gasteiger partial charge in [-0.25, -0.2) is 0 Å². The van der Waals surface area contributed by atoms with Crippen LogP contribution in [-0.2, 0) is 11.3 Å². The van der Waals surface area contributed by atoms with Gasteiger partial charge in [0.2, 0.25) is 0 Å². The summed E-state index contributed by atoms with van der Waals surface area (Å²) in [6, 6.07) is 5.62. The van der Waals surface area contributed by atoms with Crippen LogP contribution in [-0.4, -0.2) is 78.5 Å². The lowest BCUT2D eigenvalue weighted by molar-refractivity contribution is -0.160. The maximum atomic E-state index is 13.1. The highest BCUT2D eigenvalue weighted by molar-refractivity contribution is 5.86. The zero-order valence-electron chi connectivity index (χ0n) is 16.9. The first-order valence-electron chi connectivity index (χ1n) is 10.1. The molecule has 3 rings (SSSR count). The van der Waals surface area contributed by atoms with Crippen molar-refractivity contribution in [3.63, 3.8) is 0 Å². The number of hydrogen-bond acceptors (Lipinski definition) is 6. The van der Waals surface area contributed by atoms with Crippen molar-refractivity contribution in [1.82, 2.24) is 9.80 Å². The lowest BCUT2D eigenvalue weighted by Crippen LogP contribution is -2.59. The molecule has 28 heavy (non-hydrogen) atoms. The van der Waals surface area contributed by atoms with Crippen molar-refractivity contribution < 1.29 is 24.5 Å². The molecule has 2 aliphatic rings. The second-order valence-electron chi connectivity index (χ2n) is 7.92. The summed E-state index contributed by atoms with van der Waals surface area (Å²) in [5.41, 5.74) is -0.487. The molecule has 1 aromatic rings. The fraction of sp³-hybridized carbons (Fsp3) is 0.667. The number of aliphatic hydroxyl groups excluding tert-OH is 1. The number of amides is 1. The maximum absolute atomic E-state index is 13.1. The van der Waals surface area contributed by atoms with Gasteiger partial charge < -0.3 is 24.6 Å². The van der Waals surface area contributed by atoms with E-state index in [2.05, 4.69) is 4.90 Å². The van der Waals surface area contributed by atoms with E-state index in [1.54, 1.807) is 19.1 Å². The number of carbonyl (C=O) groups is 1. The van der Waals surface area contributed by atoms with Crippen molar-refractivity contribution in [2.24, 2.45) is 5.92 Å². The normalized spacial score (nSPS) is 24.4. The number of para-hydroxylation sites is 1. The monoisotopic (exact) mass is 392 g/mol. The van der Waals surface area contributed by atoms with Crippen molar-refractivity contribution >= 4 is 5.91 Å². The van der Waals surface area contributed by atoms with Crippen LogP contribution >= 0.6 is 0 Å². The second kappa shape index (κ2) is 9.11. The zero-order valence-corrected chi connectivity index (χ0v) is 16.9. The van der Waals surface area contributed by atoms with E-state index in [1.807, 2.05) is 18.2 Å². The van der Waals surface area contributed by atoms with Gasteiger partial charge in [0.15, 0.2) is 17.1 Å². The first-order valence-corrected chi connectivity index (χ1v) is 10.1. The number of ether oxygens (including phenoxy) is 2. The van der Waals surface area contributed by atoms with E-state index < -0.39 is 5.60 Å². The lowest BCUT2D eigenvalue weighted by atomic mass is 9.89. The smallest absolute Gasteiger partial charge is 0.256 e. The third kappa shape index (κ3) is 4.42. The Balaban J connectivity index is 1.69. The highest BCUT2D eigenvalue weighted by Gasteiger charge is 2.43. The Morgan fingerprint density at radius 3 is 2.57 bits per heavy atom. The van der Waals surface area contributed by atoms with Crippen LogP contribution in [0.2, 0.25) is 0 Å². The van der Waals surface area contributed by atoms with Crippen LogP contribution in [0, 0.1) is 5.92 Å². The van der Waals surface area contributed by atoms with E-state index in [0.717, 1.165) is 37.9 Å². The molecule has 0 saturated carbocycles. The molecular weight excluding hydrogens is 360 g/mol. The van der Waals surface area contributed by atoms with E-state index in [0.29, 0.717) is 43.5 Å². The molecule has 0 unspecified atom stereocenters. The first kappa shape index (κ1) is 20.9. The van der Waals surface area contributed by atoms with Crippen LogP contribution in [0.15, 0.2) is 18.2 Å². The Kier molecular flexibility index (Phi) is 6.80. The molecule has 0 aliphatic carbocycles.